The summed E-state index contributed by atoms with van der Waals surface area (Å²) in [5, 5.41) is 18.9. The summed E-state index contributed by atoms with van der Waals surface area (Å²) < 4.78 is 33.2. The Hall–Kier alpha value is -4.76. The lowest BCUT2D eigenvalue weighted by Gasteiger charge is -2.42. The minimum atomic E-state index is -2.55. The summed E-state index contributed by atoms with van der Waals surface area (Å²) in [6.45, 7) is 9.85. The number of halogens is 2. The molecule has 3 heterocycles. The summed E-state index contributed by atoms with van der Waals surface area (Å²) in [6.07, 6.45) is 4.17. The Bertz CT molecular complexity index is 1560. The monoisotopic (exact) mass is 616 g/mol. The Balaban J connectivity index is 1.33. The fourth-order valence-corrected chi connectivity index (χ4v) is 5.62. The van der Waals surface area contributed by atoms with Gasteiger partial charge in [-0.15, -0.1) is 0 Å². The van der Waals surface area contributed by atoms with Crippen molar-refractivity contribution in [3.05, 3.63) is 66.9 Å². The maximum atomic E-state index is 13.6. The number of piperidine rings is 2. The highest BCUT2D eigenvalue weighted by molar-refractivity contribution is 6.02. The number of nitrogens with zero attached hydrogens (tertiary/aromatic N) is 5. The van der Waals surface area contributed by atoms with Gasteiger partial charge in [-0.05, 0) is 63.1 Å². The lowest BCUT2D eigenvalue weighted by Crippen LogP contribution is -2.49. The zero-order chi connectivity index (χ0) is 32.0. The summed E-state index contributed by atoms with van der Waals surface area (Å²) in [6, 6.07) is 15.5. The maximum Gasteiger partial charge on any atom is 0.250 e. The van der Waals surface area contributed by atoms with Crippen LogP contribution in [0.3, 0.4) is 0 Å². The first kappa shape index (κ1) is 31.7. The smallest absolute Gasteiger partial charge is 0.250 e. The molecule has 3 aromatic rings. The highest BCUT2D eigenvalue weighted by Gasteiger charge is 2.37. The number of anilines is 6. The second-order valence-corrected chi connectivity index (χ2v) is 11.5. The number of alkyl halides is 2. The Morgan fingerprint density at radius 3 is 2.51 bits per heavy atom. The lowest BCUT2D eigenvalue weighted by molar-refractivity contribution is -0.111. The number of carbonyl (C=O) groups is 1. The van der Waals surface area contributed by atoms with E-state index < -0.39 is 5.92 Å². The van der Waals surface area contributed by atoms with Gasteiger partial charge in [-0.2, -0.15) is 10.2 Å². The van der Waals surface area contributed by atoms with Crippen molar-refractivity contribution in [3.8, 4) is 11.8 Å². The van der Waals surface area contributed by atoms with E-state index >= 15 is 0 Å². The van der Waals surface area contributed by atoms with Crippen molar-refractivity contribution in [3.63, 3.8) is 0 Å². The average molecular weight is 617 g/mol. The minimum absolute atomic E-state index is 0.0462. The molecular weight excluding hydrogens is 578 g/mol. The molecule has 45 heavy (non-hydrogen) atoms. The minimum Gasteiger partial charge on any atom is -0.489 e. The van der Waals surface area contributed by atoms with E-state index in [4.69, 9.17) is 4.74 Å². The fourth-order valence-electron chi connectivity index (χ4n) is 5.62. The van der Waals surface area contributed by atoms with Crippen LogP contribution in [0.2, 0.25) is 0 Å². The lowest BCUT2D eigenvalue weighted by atomic mass is 9.98. The number of aromatic nitrogens is 2. The maximum absolute atomic E-state index is 13.6. The second kappa shape index (κ2) is 13.9. The van der Waals surface area contributed by atoms with Crippen LogP contribution in [0.5, 0.6) is 5.75 Å². The number of hydrogen-bond acceptors (Lipinski definition) is 9. The Morgan fingerprint density at radius 2 is 1.82 bits per heavy atom. The number of ether oxygens (including phenoxy) is 1. The molecule has 10 nitrogen and oxygen atoms in total. The molecule has 236 valence electrons. The van der Waals surface area contributed by atoms with Gasteiger partial charge in [-0.25, -0.2) is 13.8 Å². The third-order valence-corrected chi connectivity index (χ3v) is 7.98. The third kappa shape index (κ3) is 8.05. The van der Waals surface area contributed by atoms with Crippen LogP contribution in [-0.2, 0) is 4.79 Å². The van der Waals surface area contributed by atoms with Crippen molar-refractivity contribution in [1.82, 2.24) is 14.9 Å². The predicted octanol–water partition coefficient (Wildman–Crippen LogP) is 6.45. The van der Waals surface area contributed by atoms with Gasteiger partial charge >= 0.3 is 0 Å². The Labute approximate surface area is 262 Å². The largest absolute Gasteiger partial charge is 0.489 e. The summed E-state index contributed by atoms with van der Waals surface area (Å²) >= 11 is 0. The van der Waals surface area contributed by atoms with Gasteiger partial charge in [0.2, 0.25) is 11.9 Å². The molecule has 1 amide bonds. The SMILES string of the molecule is C=CC(=O)Nc1cc(N2CCC(N3CCC(F)(F)CC3)CC2)ccc1Nc1ncc(C#N)c(Nc2ccccc2OC(C)C)n1. The van der Waals surface area contributed by atoms with Crippen LogP contribution in [0.1, 0.15) is 45.1 Å². The van der Waals surface area contributed by atoms with Gasteiger partial charge in [-0.1, -0.05) is 18.7 Å². The van der Waals surface area contributed by atoms with Gasteiger partial charge in [0.15, 0.2) is 5.82 Å². The number of carbonyl (C=O) groups excluding carboxylic acids is 1. The fraction of sp³-hybridized carbons (Fsp3) is 0.394. The van der Waals surface area contributed by atoms with Crippen molar-refractivity contribution in [2.45, 2.75) is 57.6 Å². The van der Waals surface area contributed by atoms with E-state index in [1.165, 1.54) is 12.3 Å². The highest BCUT2D eigenvalue weighted by Crippen LogP contribution is 2.35. The summed E-state index contributed by atoms with van der Waals surface area (Å²) in [4.78, 5) is 25.7. The Morgan fingerprint density at radius 1 is 1.09 bits per heavy atom. The summed E-state index contributed by atoms with van der Waals surface area (Å²) in [7, 11) is 0. The van der Waals surface area contributed by atoms with E-state index in [2.05, 4.69) is 48.4 Å². The van der Waals surface area contributed by atoms with E-state index in [9.17, 15) is 18.8 Å². The number of nitriles is 1. The summed E-state index contributed by atoms with van der Waals surface area (Å²) in [5.41, 5.74) is 2.89. The van der Waals surface area contributed by atoms with Gasteiger partial charge < -0.3 is 25.6 Å². The van der Waals surface area contributed by atoms with Crippen molar-refractivity contribution in [1.29, 1.82) is 5.26 Å². The molecule has 0 atom stereocenters. The molecular formula is C33H38F2N8O2. The molecule has 2 aliphatic heterocycles. The third-order valence-electron chi connectivity index (χ3n) is 7.98. The first-order chi connectivity index (χ1) is 21.6. The molecule has 3 N–H and O–H groups in total. The molecule has 1 aromatic heterocycles. The number of nitrogens with one attached hydrogen (secondary N) is 3. The van der Waals surface area contributed by atoms with E-state index in [0.29, 0.717) is 47.8 Å². The second-order valence-electron chi connectivity index (χ2n) is 11.5. The van der Waals surface area contributed by atoms with Crippen molar-refractivity contribution in [2.24, 2.45) is 0 Å². The van der Waals surface area contributed by atoms with Gasteiger partial charge in [0.25, 0.3) is 5.92 Å². The predicted molar refractivity (Wildman–Crippen MR) is 172 cm³/mol. The number of amides is 1. The van der Waals surface area contributed by atoms with E-state index in [1.807, 2.05) is 56.3 Å². The zero-order valence-corrected chi connectivity index (χ0v) is 25.5. The number of benzene rings is 2. The molecule has 0 radical (unpaired) electrons. The van der Waals surface area contributed by atoms with Crippen LogP contribution in [0.15, 0.2) is 61.3 Å². The number of hydrogen-bond donors (Lipinski definition) is 3. The van der Waals surface area contributed by atoms with Crippen LogP contribution in [-0.4, -0.2) is 65.0 Å². The molecule has 2 aromatic carbocycles. The number of para-hydroxylation sites is 2. The molecule has 0 bridgehead atoms. The van der Waals surface area contributed by atoms with Crippen LogP contribution in [0.4, 0.5) is 43.3 Å². The topological polar surface area (TPSA) is 118 Å². The van der Waals surface area contributed by atoms with Crippen molar-refractivity contribution >= 4 is 40.4 Å². The van der Waals surface area contributed by atoms with Gasteiger partial charge in [0, 0.05) is 50.7 Å². The number of likely N-dealkylation sites (tertiary alicyclic amines) is 1. The molecule has 12 heteroatoms. The van der Waals surface area contributed by atoms with Crippen LogP contribution >= 0.6 is 0 Å². The Kier molecular flexibility index (Phi) is 9.78. The quantitative estimate of drug-likeness (QED) is 0.221. The molecule has 0 unspecified atom stereocenters. The first-order valence-corrected chi connectivity index (χ1v) is 15.2. The highest BCUT2D eigenvalue weighted by atomic mass is 19.3. The molecule has 5 rings (SSSR count). The van der Waals surface area contributed by atoms with Crippen LogP contribution in [0.25, 0.3) is 0 Å². The standard InChI is InChI=1S/C33H38F2N8O2/c1-4-30(44)38-28-19-25(42-15-11-24(12-16-42)43-17-13-33(34,35)14-18-43)9-10-26(28)40-32-37-21-23(20-36)31(41-32)39-27-7-5-6-8-29(27)45-22(2)3/h4-10,19,21-22,24H,1,11-18H2,2-3H3,(H,38,44)(H2,37,39,40,41). The van der Waals surface area contributed by atoms with Crippen LogP contribution < -0.4 is 25.6 Å². The molecule has 0 spiro atoms. The summed E-state index contributed by atoms with van der Waals surface area (Å²) in [5.74, 6) is -1.79. The average Bonchev–Trinajstić information content (AvgIpc) is 3.03. The van der Waals surface area contributed by atoms with E-state index in [-0.39, 0.29) is 36.4 Å². The van der Waals surface area contributed by atoms with E-state index in [1.54, 1.807) is 0 Å². The van der Waals surface area contributed by atoms with E-state index in [0.717, 1.165) is 31.6 Å². The normalized spacial score (nSPS) is 16.9. The molecule has 0 aliphatic carbocycles. The van der Waals surface area contributed by atoms with Crippen molar-refractivity contribution in [2.75, 3.05) is 47.0 Å². The molecule has 2 aliphatic rings. The molecule has 2 fully saturated rings. The van der Waals surface area contributed by atoms with Gasteiger partial charge in [0.05, 0.1) is 29.4 Å². The molecule has 0 saturated carbocycles. The molecule has 2 saturated heterocycles. The first-order valence-electron chi connectivity index (χ1n) is 15.2. The van der Waals surface area contributed by atoms with Crippen molar-refractivity contribution < 1.29 is 18.3 Å². The van der Waals surface area contributed by atoms with Gasteiger partial charge in [-0.3, -0.25) is 9.69 Å². The van der Waals surface area contributed by atoms with Gasteiger partial charge in [0.1, 0.15) is 17.4 Å². The van der Waals surface area contributed by atoms with Crippen LogP contribution in [0, 0.1) is 11.3 Å². The number of rotatable bonds is 10. The zero-order valence-electron chi connectivity index (χ0n) is 25.5.